The summed E-state index contributed by atoms with van der Waals surface area (Å²) in [6.07, 6.45) is 6.34. The van der Waals surface area contributed by atoms with E-state index in [1.807, 2.05) is 54.6 Å². The fourth-order valence-corrected chi connectivity index (χ4v) is 2.46. The maximum Gasteiger partial charge on any atom is 0.178 e. The summed E-state index contributed by atoms with van der Waals surface area (Å²) in [7, 11) is 0. The van der Waals surface area contributed by atoms with Gasteiger partial charge in [0.05, 0.1) is 0 Å². The van der Waals surface area contributed by atoms with Gasteiger partial charge in [0.1, 0.15) is 18.2 Å². The van der Waals surface area contributed by atoms with Gasteiger partial charge in [0.15, 0.2) is 5.78 Å². The molecule has 0 saturated heterocycles. The Morgan fingerprint density at radius 2 is 1.48 bits per heavy atom. The highest BCUT2D eigenvalue weighted by atomic mass is 19.1. The summed E-state index contributed by atoms with van der Waals surface area (Å²) in [5.74, 6) is 0.260. The van der Waals surface area contributed by atoms with E-state index in [0.717, 1.165) is 16.7 Å². The lowest BCUT2D eigenvalue weighted by atomic mass is 10.1. The first-order valence-corrected chi connectivity index (χ1v) is 8.62. The van der Waals surface area contributed by atoms with Crippen LogP contribution in [0, 0.1) is 5.82 Å². The van der Waals surface area contributed by atoms with Crippen molar-refractivity contribution in [3.8, 4) is 5.75 Å². The SMILES string of the molecule is O=C(/C=C/c1ccc(F)cc1)/C=C/c1ccccc1OCc1ccccc1. The summed E-state index contributed by atoms with van der Waals surface area (Å²) in [6.45, 7) is 0.462. The highest BCUT2D eigenvalue weighted by Crippen LogP contribution is 2.21. The molecule has 0 fully saturated rings. The van der Waals surface area contributed by atoms with Gasteiger partial charge in [-0.25, -0.2) is 4.39 Å². The van der Waals surface area contributed by atoms with Crippen molar-refractivity contribution in [1.82, 2.24) is 0 Å². The molecule has 0 heterocycles. The molecule has 0 atom stereocenters. The van der Waals surface area contributed by atoms with Crippen molar-refractivity contribution in [2.75, 3.05) is 0 Å². The van der Waals surface area contributed by atoms with Gasteiger partial charge in [0, 0.05) is 5.56 Å². The van der Waals surface area contributed by atoms with Crippen LogP contribution in [0.1, 0.15) is 16.7 Å². The maximum atomic E-state index is 12.9. The number of hydrogen-bond donors (Lipinski definition) is 0. The fraction of sp³-hybridized carbons (Fsp3) is 0.0417. The second-order valence-corrected chi connectivity index (χ2v) is 5.93. The number of allylic oxidation sites excluding steroid dienone is 2. The molecule has 3 aromatic rings. The number of rotatable bonds is 7. The van der Waals surface area contributed by atoms with Gasteiger partial charge in [-0.3, -0.25) is 4.79 Å². The molecular weight excluding hydrogens is 339 g/mol. The first-order chi connectivity index (χ1) is 13.2. The number of carbonyl (C=O) groups is 1. The molecule has 3 heteroatoms. The predicted molar refractivity (Wildman–Crippen MR) is 107 cm³/mol. The standard InChI is InChI=1S/C24H19FO2/c25-22-14-10-19(11-15-22)12-16-23(26)17-13-21-8-4-5-9-24(21)27-18-20-6-2-1-3-7-20/h1-17H,18H2/b16-12+,17-13+. The lowest BCUT2D eigenvalue weighted by Crippen LogP contribution is -1.96. The van der Waals surface area contributed by atoms with Crippen LogP contribution in [0.25, 0.3) is 12.2 Å². The minimum absolute atomic E-state index is 0.155. The van der Waals surface area contributed by atoms with Crippen molar-refractivity contribution in [3.63, 3.8) is 0 Å². The van der Waals surface area contributed by atoms with E-state index in [2.05, 4.69) is 0 Å². The first kappa shape index (κ1) is 18.3. The third kappa shape index (κ3) is 5.79. The Labute approximate surface area is 158 Å². The van der Waals surface area contributed by atoms with E-state index in [0.29, 0.717) is 12.4 Å². The third-order valence-corrected chi connectivity index (χ3v) is 3.89. The Bertz CT molecular complexity index is 942. The topological polar surface area (TPSA) is 26.3 Å². The zero-order valence-corrected chi connectivity index (χ0v) is 14.7. The van der Waals surface area contributed by atoms with Crippen LogP contribution < -0.4 is 4.74 Å². The Balaban J connectivity index is 1.64. The van der Waals surface area contributed by atoms with Crippen LogP contribution in [0.3, 0.4) is 0 Å². The van der Waals surface area contributed by atoms with Crippen molar-refractivity contribution in [1.29, 1.82) is 0 Å². The molecule has 0 spiro atoms. The summed E-state index contributed by atoms with van der Waals surface area (Å²) >= 11 is 0. The van der Waals surface area contributed by atoms with Gasteiger partial charge in [-0.1, -0.05) is 66.7 Å². The van der Waals surface area contributed by atoms with Crippen molar-refractivity contribution in [2.24, 2.45) is 0 Å². The molecule has 3 rings (SSSR count). The molecule has 0 N–H and O–H groups in total. The predicted octanol–water partition coefficient (Wildman–Crippen LogP) is 5.70. The van der Waals surface area contributed by atoms with Crippen LogP contribution in [-0.2, 0) is 11.4 Å². The van der Waals surface area contributed by atoms with Gasteiger partial charge < -0.3 is 4.74 Å². The van der Waals surface area contributed by atoms with Gasteiger partial charge in [-0.05, 0) is 47.6 Å². The van der Waals surface area contributed by atoms with E-state index >= 15 is 0 Å². The molecule has 27 heavy (non-hydrogen) atoms. The Morgan fingerprint density at radius 3 is 2.26 bits per heavy atom. The van der Waals surface area contributed by atoms with E-state index in [1.165, 1.54) is 24.3 Å². The minimum atomic E-state index is -0.300. The quantitative estimate of drug-likeness (QED) is 0.506. The first-order valence-electron chi connectivity index (χ1n) is 8.62. The molecule has 0 radical (unpaired) electrons. The number of ketones is 1. The van der Waals surface area contributed by atoms with E-state index in [9.17, 15) is 9.18 Å². The number of ether oxygens (including phenoxy) is 1. The van der Waals surface area contributed by atoms with Crippen molar-refractivity contribution >= 4 is 17.9 Å². The molecule has 0 aliphatic heterocycles. The van der Waals surface area contributed by atoms with E-state index in [-0.39, 0.29) is 11.6 Å². The average Bonchev–Trinajstić information content (AvgIpc) is 2.71. The number of hydrogen-bond acceptors (Lipinski definition) is 2. The molecular formula is C24H19FO2. The molecule has 0 aliphatic rings. The monoisotopic (exact) mass is 358 g/mol. The van der Waals surface area contributed by atoms with Crippen molar-refractivity contribution in [3.05, 3.63) is 114 Å². The second-order valence-electron chi connectivity index (χ2n) is 5.93. The molecule has 134 valence electrons. The zero-order valence-electron chi connectivity index (χ0n) is 14.7. The van der Waals surface area contributed by atoms with Crippen LogP contribution in [0.2, 0.25) is 0 Å². The maximum absolute atomic E-state index is 12.9. The van der Waals surface area contributed by atoms with Gasteiger partial charge in [-0.15, -0.1) is 0 Å². The van der Waals surface area contributed by atoms with Crippen LogP contribution in [0.5, 0.6) is 5.75 Å². The van der Waals surface area contributed by atoms with Crippen LogP contribution in [0.4, 0.5) is 4.39 Å². The molecule has 3 aromatic carbocycles. The second kappa shape index (κ2) is 9.30. The number of halogens is 1. The summed E-state index contributed by atoms with van der Waals surface area (Å²) in [5.41, 5.74) is 2.68. The summed E-state index contributed by atoms with van der Waals surface area (Å²) in [4.78, 5) is 12.1. The average molecular weight is 358 g/mol. The van der Waals surface area contributed by atoms with Gasteiger partial charge in [0.25, 0.3) is 0 Å². The van der Waals surface area contributed by atoms with Crippen LogP contribution in [0.15, 0.2) is 91.0 Å². The fourth-order valence-electron chi connectivity index (χ4n) is 2.46. The summed E-state index contributed by atoms with van der Waals surface area (Å²) < 4.78 is 18.8. The van der Waals surface area contributed by atoms with E-state index in [1.54, 1.807) is 24.3 Å². The molecule has 0 aliphatic carbocycles. The highest BCUT2D eigenvalue weighted by molar-refractivity contribution is 6.04. The normalized spacial score (nSPS) is 11.1. The molecule has 0 bridgehead atoms. The Kier molecular flexibility index (Phi) is 6.31. The van der Waals surface area contributed by atoms with Crippen molar-refractivity contribution < 1.29 is 13.9 Å². The Hall–Kier alpha value is -3.46. The van der Waals surface area contributed by atoms with E-state index in [4.69, 9.17) is 4.74 Å². The van der Waals surface area contributed by atoms with Gasteiger partial charge in [-0.2, -0.15) is 0 Å². The minimum Gasteiger partial charge on any atom is -0.488 e. The lowest BCUT2D eigenvalue weighted by molar-refractivity contribution is -0.110. The van der Waals surface area contributed by atoms with Crippen LogP contribution in [-0.4, -0.2) is 5.78 Å². The number of para-hydroxylation sites is 1. The number of carbonyl (C=O) groups excluding carboxylic acids is 1. The van der Waals surface area contributed by atoms with Crippen LogP contribution >= 0.6 is 0 Å². The Morgan fingerprint density at radius 1 is 0.815 bits per heavy atom. The van der Waals surface area contributed by atoms with Gasteiger partial charge in [0.2, 0.25) is 0 Å². The third-order valence-electron chi connectivity index (χ3n) is 3.89. The largest absolute Gasteiger partial charge is 0.488 e. The zero-order chi connectivity index (χ0) is 18.9. The molecule has 2 nitrogen and oxygen atoms in total. The molecule has 0 amide bonds. The van der Waals surface area contributed by atoms with Gasteiger partial charge >= 0.3 is 0 Å². The highest BCUT2D eigenvalue weighted by Gasteiger charge is 2.01. The van der Waals surface area contributed by atoms with Crippen molar-refractivity contribution in [2.45, 2.75) is 6.61 Å². The lowest BCUT2D eigenvalue weighted by Gasteiger charge is -2.09. The molecule has 0 unspecified atom stereocenters. The smallest absolute Gasteiger partial charge is 0.178 e. The number of benzene rings is 3. The van der Waals surface area contributed by atoms with E-state index < -0.39 is 0 Å². The molecule has 0 aromatic heterocycles. The summed E-state index contributed by atoms with van der Waals surface area (Å²) in [5, 5.41) is 0. The molecule has 0 saturated carbocycles. The summed E-state index contributed by atoms with van der Waals surface area (Å²) in [6, 6.07) is 23.4.